The van der Waals surface area contributed by atoms with E-state index in [1.807, 2.05) is 6.07 Å². The molecule has 3 unspecified atom stereocenters. The van der Waals surface area contributed by atoms with E-state index in [9.17, 15) is 8.78 Å². The lowest BCUT2D eigenvalue weighted by atomic mass is 9.76. The van der Waals surface area contributed by atoms with Gasteiger partial charge >= 0.3 is 6.61 Å². The number of ether oxygens (including phenoxy) is 1. The summed E-state index contributed by atoms with van der Waals surface area (Å²) in [7, 11) is 0. The van der Waals surface area contributed by atoms with Gasteiger partial charge in [-0.15, -0.1) is 0 Å². The zero-order valence-corrected chi connectivity index (χ0v) is 24.0. The number of alkyl halides is 2. The molecule has 0 aliphatic carbocycles. The van der Waals surface area contributed by atoms with Crippen LogP contribution in [-0.2, 0) is 0 Å². The quantitative estimate of drug-likeness (QED) is 0.296. The molecule has 0 bridgehead atoms. The van der Waals surface area contributed by atoms with Crippen molar-refractivity contribution < 1.29 is 13.5 Å². The molecule has 1 aliphatic heterocycles. The molecule has 1 fully saturated rings. The average Bonchev–Trinajstić information content (AvgIpc) is 2.83. The number of unbranched alkanes of at least 4 members (excludes halogenated alkanes) is 1. The van der Waals surface area contributed by atoms with E-state index in [2.05, 4.69) is 78.5 Å². The van der Waals surface area contributed by atoms with E-state index in [0.717, 1.165) is 48.4 Å². The largest absolute Gasteiger partial charge is 0.434 e. The smallest absolute Gasteiger partial charge is 0.387 e. The minimum atomic E-state index is -2.84. The third kappa shape index (κ3) is 8.63. The molecule has 5 heteroatoms. The second kappa shape index (κ2) is 13.8. The predicted octanol–water partition coefficient (Wildman–Crippen LogP) is 9.73. The van der Waals surface area contributed by atoms with Crippen molar-refractivity contribution in [2.75, 3.05) is 13.1 Å². The molecule has 0 spiro atoms. The Morgan fingerprint density at radius 3 is 2.51 bits per heavy atom. The van der Waals surface area contributed by atoms with Crippen molar-refractivity contribution in [3.05, 3.63) is 46.4 Å². The van der Waals surface area contributed by atoms with Crippen molar-refractivity contribution >= 4 is 16.7 Å². The van der Waals surface area contributed by atoms with Gasteiger partial charge in [0.2, 0.25) is 0 Å². The average molecular weight is 508 g/mol. The molecule has 0 radical (unpaired) electrons. The Bertz CT molecular complexity index is 858. The van der Waals surface area contributed by atoms with Gasteiger partial charge in [-0.3, -0.25) is 4.90 Å². The first kappa shape index (κ1) is 29.9. The second-order valence-corrected chi connectivity index (χ2v) is 12.1. The number of benzene rings is 1. The maximum atomic E-state index is 13.3. The minimum absolute atomic E-state index is 0.260. The van der Waals surface area contributed by atoms with Gasteiger partial charge in [0.1, 0.15) is 5.75 Å². The molecule has 0 N–H and O–H groups in total. The summed E-state index contributed by atoms with van der Waals surface area (Å²) < 4.78 is 31.6. The summed E-state index contributed by atoms with van der Waals surface area (Å²) >= 11 is 1.72. The van der Waals surface area contributed by atoms with Gasteiger partial charge in [-0.1, -0.05) is 77.9 Å². The van der Waals surface area contributed by atoms with E-state index < -0.39 is 6.61 Å². The summed E-state index contributed by atoms with van der Waals surface area (Å²) in [5.41, 5.74) is 2.23. The Morgan fingerprint density at radius 1 is 1.23 bits per heavy atom. The fourth-order valence-corrected chi connectivity index (χ4v) is 5.88. The van der Waals surface area contributed by atoms with Gasteiger partial charge in [-0.25, -0.2) is 0 Å². The van der Waals surface area contributed by atoms with Gasteiger partial charge in [0, 0.05) is 28.0 Å². The molecule has 2 rings (SSSR count). The number of halogens is 2. The molecule has 1 heterocycles. The Hall–Kier alpha value is -1.33. The monoisotopic (exact) mass is 507 g/mol. The molecule has 1 saturated heterocycles. The highest BCUT2D eigenvalue weighted by Crippen LogP contribution is 2.43. The second-order valence-electron chi connectivity index (χ2n) is 11.0. The van der Waals surface area contributed by atoms with Crippen LogP contribution in [0.2, 0.25) is 0 Å². The lowest BCUT2D eigenvalue weighted by Gasteiger charge is -2.42. The fraction of sp³-hybridized carbons (Fsp3) is 0.667. The van der Waals surface area contributed by atoms with Crippen molar-refractivity contribution in [3.63, 3.8) is 0 Å². The maximum absolute atomic E-state index is 13.3. The molecule has 0 saturated carbocycles. The van der Waals surface area contributed by atoms with E-state index in [0.29, 0.717) is 17.3 Å². The third-order valence-electron chi connectivity index (χ3n) is 7.43. The number of rotatable bonds is 11. The van der Waals surface area contributed by atoms with Crippen molar-refractivity contribution in [2.45, 2.75) is 106 Å². The van der Waals surface area contributed by atoms with Crippen LogP contribution in [0.1, 0.15) is 105 Å². The first-order chi connectivity index (χ1) is 16.5. The van der Waals surface area contributed by atoms with Gasteiger partial charge in [0.15, 0.2) is 0 Å². The minimum Gasteiger partial charge on any atom is -0.434 e. The van der Waals surface area contributed by atoms with Crippen LogP contribution in [0, 0.1) is 11.3 Å². The molecule has 35 heavy (non-hydrogen) atoms. The number of likely N-dealkylation sites (tertiary alicyclic amines) is 1. The van der Waals surface area contributed by atoms with Crippen LogP contribution >= 0.6 is 11.8 Å². The van der Waals surface area contributed by atoms with Crippen LogP contribution in [0.25, 0.3) is 4.91 Å². The van der Waals surface area contributed by atoms with Crippen LogP contribution in [0.15, 0.2) is 35.3 Å². The molecule has 2 nitrogen and oxygen atoms in total. The van der Waals surface area contributed by atoms with Crippen molar-refractivity contribution in [1.82, 2.24) is 4.90 Å². The fourth-order valence-electron chi connectivity index (χ4n) is 4.72. The first-order valence-corrected chi connectivity index (χ1v) is 14.2. The predicted molar refractivity (Wildman–Crippen MR) is 149 cm³/mol. The zero-order valence-electron chi connectivity index (χ0n) is 23.2. The number of hydrogen-bond donors (Lipinski definition) is 0. The van der Waals surface area contributed by atoms with Crippen LogP contribution < -0.4 is 4.74 Å². The summed E-state index contributed by atoms with van der Waals surface area (Å²) in [4.78, 5) is 4.88. The van der Waals surface area contributed by atoms with Gasteiger partial charge < -0.3 is 4.74 Å². The zero-order chi connectivity index (χ0) is 26.2. The Kier molecular flexibility index (Phi) is 11.8. The Morgan fingerprint density at radius 2 is 1.94 bits per heavy atom. The van der Waals surface area contributed by atoms with Crippen LogP contribution in [0.3, 0.4) is 0 Å². The van der Waals surface area contributed by atoms with Gasteiger partial charge in [-0.05, 0) is 81.0 Å². The van der Waals surface area contributed by atoms with E-state index in [1.165, 1.54) is 17.7 Å². The lowest BCUT2D eigenvalue weighted by molar-refractivity contribution is -0.0500. The van der Waals surface area contributed by atoms with Crippen molar-refractivity contribution in [3.8, 4) is 5.75 Å². The summed E-state index contributed by atoms with van der Waals surface area (Å²) in [5, 5.41) is 0. The highest BCUT2D eigenvalue weighted by atomic mass is 32.2. The summed E-state index contributed by atoms with van der Waals surface area (Å²) in [6, 6.07) is 5.99. The molecule has 3 atom stereocenters. The molecule has 0 amide bonds. The van der Waals surface area contributed by atoms with Crippen molar-refractivity contribution in [1.29, 1.82) is 0 Å². The van der Waals surface area contributed by atoms with Crippen molar-refractivity contribution in [2.24, 2.45) is 11.3 Å². The third-order valence-corrected chi connectivity index (χ3v) is 8.85. The standard InChI is InChI=1S/C30H47F2NOS/c1-9-12-15-28(25-19-23(21(4)10-2)16-17-26(25)34-29(31)32)35-27(11-3)22(5)33-18-13-14-24(20-33)30(6,7)8/h11,15-17,19,21-22,24,29H,9-10,12-14,18,20H2,1-8H3/b27-11-,28-15+. The van der Waals surface area contributed by atoms with E-state index in [-0.39, 0.29) is 11.8 Å². The number of piperidine rings is 1. The molecular formula is C30H47F2NOS. The number of thioether (sulfide) groups is 1. The molecule has 0 aromatic heterocycles. The van der Waals surface area contributed by atoms with E-state index in [1.54, 1.807) is 17.8 Å². The molecule has 1 aromatic carbocycles. The number of nitrogens with zero attached hydrogens (tertiary/aromatic N) is 1. The summed E-state index contributed by atoms with van der Waals surface area (Å²) in [5.74, 6) is 1.29. The summed E-state index contributed by atoms with van der Waals surface area (Å²) in [6.45, 7) is 17.2. The molecule has 198 valence electrons. The highest BCUT2D eigenvalue weighted by Gasteiger charge is 2.32. The van der Waals surface area contributed by atoms with E-state index in [4.69, 9.17) is 4.74 Å². The SMILES string of the molecule is C/C=C(\S/C(=C/CCC)c1cc(C(C)CC)ccc1OC(F)F)C(C)N1CCCC(C(C)(C)C)C1. The lowest BCUT2D eigenvalue weighted by Crippen LogP contribution is -2.45. The van der Waals surface area contributed by atoms with E-state index >= 15 is 0 Å². The van der Waals surface area contributed by atoms with Gasteiger partial charge in [-0.2, -0.15) is 8.78 Å². The highest BCUT2D eigenvalue weighted by molar-refractivity contribution is 8.11. The first-order valence-electron chi connectivity index (χ1n) is 13.4. The topological polar surface area (TPSA) is 12.5 Å². The van der Waals surface area contributed by atoms with Crippen LogP contribution in [-0.4, -0.2) is 30.6 Å². The molecular weight excluding hydrogens is 460 g/mol. The summed E-state index contributed by atoms with van der Waals surface area (Å²) in [6.07, 6.45) is 9.78. The maximum Gasteiger partial charge on any atom is 0.387 e. The number of allylic oxidation sites excluding steroid dienone is 2. The normalized spacial score (nSPS) is 20.3. The number of hydrogen-bond acceptors (Lipinski definition) is 3. The van der Waals surface area contributed by atoms with Gasteiger partial charge in [0.05, 0.1) is 0 Å². The van der Waals surface area contributed by atoms with Crippen LogP contribution in [0.4, 0.5) is 8.78 Å². The van der Waals surface area contributed by atoms with Gasteiger partial charge in [0.25, 0.3) is 0 Å². The molecule has 1 aliphatic rings. The Labute approximate surface area is 217 Å². The van der Waals surface area contributed by atoms with Crippen LogP contribution in [0.5, 0.6) is 5.75 Å². The Balaban J connectivity index is 2.40. The molecule has 1 aromatic rings.